The number of thiophene rings is 1. The van der Waals surface area contributed by atoms with Gasteiger partial charge in [-0.3, -0.25) is 0 Å². The first-order valence-electron chi connectivity index (χ1n) is 6.27. The molecule has 1 atom stereocenters. The molecule has 3 aromatic rings. The topological polar surface area (TPSA) is 43.6 Å². The molecule has 4 nitrogen and oxygen atoms in total. The van der Waals surface area contributed by atoms with Crippen molar-refractivity contribution in [2.24, 2.45) is 0 Å². The molecule has 20 heavy (non-hydrogen) atoms. The molecule has 7 heteroatoms. The Balaban J connectivity index is 1.73. The fourth-order valence-electron chi connectivity index (χ4n) is 1.81. The highest BCUT2D eigenvalue weighted by Gasteiger charge is 2.11. The summed E-state index contributed by atoms with van der Waals surface area (Å²) in [6, 6.07) is 2.09. The number of hydrogen-bond acceptors (Lipinski definition) is 5. The molecule has 3 rings (SSSR count). The number of hydrogen-bond donors (Lipinski definition) is 0. The molecule has 0 bridgehead atoms. The molecular formula is C13H13BrN4S2. The fraction of sp³-hybridized carbons (Fsp3) is 0.308. The van der Waals surface area contributed by atoms with Gasteiger partial charge in [-0.15, -0.1) is 16.4 Å². The zero-order valence-corrected chi connectivity index (χ0v) is 14.1. The molecule has 0 aliphatic rings. The van der Waals surface area contributed by atoms with Gasteiger partial charge in [-0.05, 0) is 17.9 Å². The normalized spacial score (nSPS) is 12.7. The highest BCUT2D eigenvalue weighted by atomic mass is 79.9. The highest BCUT2D eigenvalue weighted by molar-refractivity contribution is 9.09. The molecular weight excluding hydrogens is 356 g/mol. The van der Waals surface area contributed by atoms with Gasteiger partial charge in [0.25, 0.3) is 0 Å². The van der Waals surface area contributed by atoms with Crippen molar-refractivity contribution in [1.82, 2.24) is 20.0 Å². The minimum Gasteiger partial charge on any atom is -0.246 e. The van der Waals surface area contributed by atoms with E-state index in [4.69, 9.17) is 0 Å². The van der Waals surface area contributed by atoms with Crippen molar-refractivity contribution in [3.05, 3.63) is 39.8 Å². The Morgan fingerprint density at radius 1 is 1.40 bits per heavy atom. The summed E-state index contributed by atoms with van der Waals surface area (Å²) in [5.41, 5.74) is 3.19. The van der Waals surface area contributed by atoms with Gasteiger partial charge < -0.3 is 0 Å². The Morgan fingerprint density at radius 3 is 3.05 bits per heavy atom. The van der Waals surface area contributed by atoms with Crippen LogP contribution in [0.5, 0.6) is 0 Å². The smallest absolute Gasteiger partial charge is 0.124 e. The second-order valence-electron chi connectivity index (χ2n) is 4.37. The van der Waals surface area contributed by atoms with Gasteiger partial charge in [0.1, 0.15) is 5.01 Å². The number of aromatic nitrogens is 4. The molecule has 0 aliphatic heterocycles. The average Bonchev–Trinajstić information content (AvgIpc) is 3.19. The van der Waals surface area contributed by atoms with Crippen molar-refractivity contribution < 1.29 is 0 Å². The van der Waals surface area contributed by atoms with Crippen LogP contribution in [-0.2, 0) is 6.54 Å². The van der Waals surface area contributed by atoms with E-state index in [1.165, 1.54) is 5.56 Å². The third-order valence-corrected chi connectivity index (χ3v) is 5.62. The van der Waals surface area contributed by atoms with Crippen molar-refractivity contribution in [2.45, 2.75) is 24.7 Å². The number of thiazole rings is 1. The summed E-state index contributed by atoms with van der Waals surface area (Å²) in [7, 11) is 0. The molecule has 0 saturated heterocycles. The Labute approximate surface area is 133 Å². The van der Waals surface area contributed by atoms with Crippen LogP contribution in [0.4, 0.5) is 0 Å². The second-order valence-corrected chi connectivity index (χ2v) is 7.12. The maximum absolute atomic E-state index is 4.65. The van der Waals surface area contributed by atoms with Crippen LogP contribution in [0.3, 0.4) is 0 Å². The predicted octanol–water partition coefficient (Wildman–Crippen LogP) is 4.36. The summed E-state index contributed by atoms with van der Waals surface area (Å²) < 4.78 is 1.84. The summed E-state index contributed by atoms with van der Waals surface area (Å²) in [6.07, 6.45) is 2.98. The van der Waals surface area contributed by atoms with Crippen LogP contribution in [0, 0.1) is 0 Å². The van der Waals surface area contributed by atoms with E-state index < -0.39 is 0 Å². The lowest BCUT2D eigenvalue weighted by Gasteiger charge is -1.99. The first-order valence-corrected chi connectivity index (χ1v) is 9.01. The molecule has 0 aromatic carbocycles. The number of halogens is 1. The quantitative estimate of drug-likeness (QED) is 0.628. The summed E-state index contributed by atoms with van der Waals surface area (Å²) in [6.45, 7) is 2.78. The van der Waals surface area contributed by atoms with Gasteiger partial charge >= 0.3 is 0 Å². The minimum atomic E-state index is 0.271. The third kappa shape index (κ3) is 2.99. The van der Waals surface area contributed by atoms with E-state index in [0.717, 1.165) is 22.8 Å². The lowest BCUT2D eigenvalue weighted by molar-refractivity contribution is 0.641. The van der Waals surface area contributed by atoms with E-state index in [9.17, 15) is 0 Å². The molecule has 1 unspecified atom stereocenters. The number of nitrogens with zero attached hydrogens (tertiary/aromatic N) is 4. The Kier molecular flexibility index (Phi) is 4.28. The average molecular weight is 369 g/mol. The largest absolute Gasteiger partial charge is 0.246 e. The molecule has 0 radical (unpaired) electrons. The zero-order chi connectivity index (χ0) is 13.9. The van der Waals surface area contributed by atoms with Gasteiger partial charge in [-0.2, -0.15) is 11.3 Å². The lowest BCUT2D eigenvalue weighted by Crippen LogP contribution is -2.00. The molecule has 0 amide bonds. The molecule has 104 valence electrons. The van der Waals surface area contributed by atoms with Crippen LogP contribution in [0.15, 0.2) is 28.4 Å². The van der Waals surface area contributed by atoms with Gasteiger partial charge in [0.05, 0.1) is 29.0 Å². The van der Waals surface area contributed by atoms with Crippen molar-refractivity contribution in [1.29, 1.82) is 0 Å². The minimum absolute atomic E-state index is 0.271. The first kappa shape index (κ1) is 13.9. The van der Waals surface area contributed by atoms with Crippen LogP contribution in [0.25, 0.3) is 10.6 Å². The van der Waals surface area contributed by atoms with Gasteiger partial charge in [0.15, 0.2) is 0 Å². The Bertz CT molecular complexity index is 674. The SMILES string of the molecule is CCC(Br)c1cn(Cc2csc(-c3ccsc3)n2)nn1. The van der Waals surface area contributed by atoms with Crippen LogP contribution in [-0.4, -0.2) is 20.0 Å². The lowest BCUT2D eigenvalue weighted by atomic mass is 10.3. The molecule has 3 aromatic heterocycles. The fourth-order valence-corrected chi connectivity index (χ4v) is 3.54. The van der Waals surface area contributed by atoms with Crippen LogP contribution < -0.4 is 0 Å². The predicted molar refractivity (Wildman–Crippen MR) is 86.5 cm³/mol. The van der Waals surface area contributed by atoms with Gasteiger partial charge in [0, 0.05) is 16.3 Å². The van der Waals surface area contributed by atoms with Gasteiger partial charge in [-0.1, -0.05) is 28.1 Å². The van der Waals surface area contributed by atoms with Crippen molar-refractivity contribution in [3.63, 3.8) is 0 Å². The van der Waals surface area contributed by atoms with Crippen molar-refractivity contribution in [2.75, 3.05) is 0 Å². The van der Waals surface area contributed by atoms with E-state index in [1.807, 2.05) is 10.9 Å². The van der Waals surface area contributed by atoms with Gasteiger partial charge in [-0.25, -0.2) is 9.67 Å². The third-order valence-electron chi connectivity index (χ3n) is 2.88. The first-order chi connectivity index (χ1) is 9.76. The summed E-state index contributed by atoms with van der Waals surface area (Å²) >= 11 is 6.95. The Hall–Kier alpha value is -1.05. The maximum atomic E-state index is 4.65. The van der Waals surface area contributed by atoms with Crippen molar-refractivity contribution in [3.8, 4) is 10.6 Å². The van der Waals surface area contributed by atoms with Gasteiger partial charge in [0.2, 0.25) is 0 Å². The molecule has 3 heterocycles. The summed E-state index contributed by atoms with van der Waals surface area (Å²) in [4.78, 5) is 4.92. The van der Waals surface area contributed by atoms with Crippen molar-refractivity contribution >= 4 is 38.6 Å². The van der Waals surface area contributed by atoms with E-state index in [1.54, 1.807) is 22.7 Å². The number of alkyl halides is 1. The Morgan fingerprint density at radius 2 is 2.30 bits per heavy atom. The van der Waals surface area contributed by atoms with E-state index in [0.29, 0.717) is 6.54 Å². The monoisotopic (exact) mass is 368 g/mol. The van der Waals surface area contributed by atoms with E-state index in [2.05, 4.69) is 60.4 Å². The molecule has 0 N–H and O–H groups in total. The highest BCUT2D eigenvalue weighted by Crippen LogP contribution is 2.26. The molecule has 0 spiro atoms. The standard InChI is InChI=1S/C13H13BrN4S2/c1-2-11(14)12-6-18(17-16-12)5-10-8-20-13(15-10)9-3-4-19-7-9/h3-4,6-8,11H,2,5H2,1H3. The van der Waals surface area contributed by atoms with Crippen LogP contribution in [0.1, 0.15) is 29.6 Å². The molecule has 0 fully saturated rings. The number of rotatable bonds is 5. The maximum Gasteiger partial charge on any atom is 0.124 e. The van der Waals surface area contributed by atoms with E-state index in [-0.39, 0.29) is 4.83 Å². The summed E-state index contributed by atoms with van der Waals surface area (Å²) in [5, 5.41) is 15.7. The van der Waals surface area contributed by atoms with Crippen LogP contribution in [0.2, 0.25) is 0 Å². The molecule has 0 saturated carbocycles. The van der Waals surface area contributed by atoms with E-state index >= 15 is 0 Å². The second kappa shape index (κ2) is 6.15. The zero-order valence-electron chi connectivity index (χ0n) is 10.9. The molecule has 0 aliphatic carbocycles. The summed E-state index contributed by atoms with van der Waals surface area (Å²) in [5.74, 6) is 0. The van der Waals surface area contributed by atoms with Crippen LogP contribution >= 0.6 is 38.6 Å².